The van der Waals surface area contributed by atoms with Gasteiger partial charge in [-0.25, -0.2) is 8.78 Å². The first kappa shape index (κ1) is 11.5. The van der Waals surface area contributed by atoms with Crippen LogP contribution in [0.2, 0.25) is 0 Å². The minimum atomic E-state index is -2.68. The van der Waals surface area contributed by atoms with E-state index < -0.39 is 11.8 Å². The lowest BCUT2D eigenvalue weighted by molar-refractivity contribution is -0.145. The second-order valence-electron chi connectivity index (χ2n) is 4.39. The maximum atomic E-state index is 12.7. The molecule has 0 atom stereocenters. The summed E-state index contributed by atoms with van der Waals surface area (Å²) in [7, 11) is 0. The number of carbonyl (C=O) groups is 1. The maximum Gasteiger partial charge on any atom is 0.249 e. The normalized spacial score (nSPS) is 18.6. The molecule has 0 spiro atoms. The van der Waals surface area contributed by atoms with Crippen LogP contribution < -0.4 is 5.32 Å². The van der Waals surface area contributed by atoms with Crippen molar-refractivity contribution in [2.75, 3.05) is 5.32 Å². The number of benzene rings is 1. The number of anilines is 1. The van der Waals surface area contributed by atoms with Crippen molar-refractivity contribution < 1.29 is 13.6 Å². The van der Waals surface area contributed by atoms with Crippen molar-refractivity contribution in [2.45, 2.75) is 18.8 Å². The van der Waals surface area contributed by atoms with E-state index in [0.29, 0.717) is 16.7 Å². The molecule has 1 saturated carbocycles. The molecule has 1 aromatic carbocycles. The van der Waals surface area contributed by atoms with Crippen LogP contribution in [0.5, 0.6) is 0 Å². The van der Waals surface area contributed by atoms with Gasteiger partial charge >= 0.3 is 0 Å². The lowest BCUT2D eigenvalue weighted by atomic mass is 9.81. The van der Waals surface area contributed by atoms with Crippen LogP contribution in [0.3, 0.4) is 0 Å². The molecule has 7 heteroatoms. The van der Waals surface area contributed by atoms with Crippen LogP contribution in [-0.2, 0) is 4.79 Å². The number of hydrogen-bond acceptors (Lipinski definition) is 4. The summed E-state index contributed by atoms with van der Waals surface area (Å²) in [5.74, 6) is -3.67. The van der Waals surface area contributed by atoms with E-state index in [1.165, 1.54) is 0 Å². The highest BCUT2D eigenvalue weighted by Gasteiger charge is 2.48. The molecule has 0 radical (unpaired) electrons. The minimum Gasteiger partial charge on any atom is -0.324 e. The van der Waals surface area contributed by atoms with Crippen molar-refractivity contribution >= 4 is 34.4 Å². The van der Waals surface area contributed by atoms with Crippen molar-refractivity contribution in [3.05, 3.63) is 18.2 Å². The zero-order chi connectivity index (χ0) is 12.8. The van der Waals surface area contributed by atoms with Gasteiger partial charge in [-0.15, -0.1) is 0 Å². The molecule has 1 amide bonds. The van der Waals surface area contributed by atoms with Crippen molar-refractivity contribution in [1.82, 2.24) is 8.75 Å². The Balaban J connectivity index is 1.77. The molecule has 0 saturated heterocycles. The fourth-order valence-corrected chi connectivity index (χ4v) is 2.54. The maximum absolute atomic E-state index is 12.7. The highest BCUT2D eigenvalue weighted by atomic mass is 32.1. The topological polar surface area (TPSA) is 54.9 Å². The number of hydrogen-bond donors (Lipinski definition) is 1. The number of nitrogens with one attached hydrogen (secondary N) is 1. The molecule has 94 valence electrons. The van der Waals surface area contributed by atoms with Crippen LogP contribution >= 0.6 is 11.7 Å². The Morgan fingerprint density at radius 1 is 1.39 bits per heavy atom. The molecule has 1 aromatic heterocycles. The first-order chi connectivity index (χ1) is 8.55. The lowest BCUT2D eigenvalue weighted by Gasteiger charge is -2.33. The van der Waals surface area contributed by atoms with Gasteiger partial charge < -0.3 is 5.32 Å². The molecular formula is C11H9F2N3OS. The highest BCUT2D eigenvalue weighted by Crippen LogP contribution is 2.42. The van der Waals surface area contributed by atoms with Gasteiger partial charge in [0.15, 0.2) is 0 Å². The number of nitrogens with zero attached hydrogens (tertiary/aromatic N) is 2. The van der Waals surface area contributed by atoms with E-state index in [1.54, 1.807) is 18.2 Å². The SMILES string of the molecule is O=C(Nc1cccc2nsnc12)C1CC(F)(F)C1. The highest BCUT2D eigenvalue weighted by molar-refractivity contribution is 7.00. The molecule has 1 fully saturated rings. The third-order valence-electron chi connectivity index (χ3n) is 3.00. The molecule has 1 heterocycles. The first-order valence-corrected chi connectivity index (χ1v) is 6.18. The molecule has 0 unspecified atom stereocenters. The molecule has 1 N–H and O–H groups in total. The molecule has 0 bridgehead atoms. The van der Waals surface area contributed by atoms with Crippen molar-refractivity contribution in [3.63, 3.8) is 0 Å². The fraction of sp³-hybridized carbons (Fsp3) is 0.364. The summed E-state index contributed by atoms with van der Waals surface area (Å²) in [6, 6.07) is 5.22. The average Bonchev–Trinajstić information content (AvgIpc) is 2.74. The van der Waals surface area contributed by atoms with Gasteiger partial charge in [0.2, 0.25) is 11.8 Å². The van der Waals surface area contributed by atoms with E-state index >= 15 is 0 Å². The molecule has 18 heavy (non-hydrogen) atoms. The van der Waals surface area contributed by atoms with Crippen molar-refractivity contribution in [3.8, 4) is 0 Å². The second-order valence-corrected chi connectivity index (χ2v) is 4.92. The van der Waals surface area contributed by atoms with Crippen molar-refractivity contribution in [2.24, 2.45) is 5.92 Å². The number of rotatable bonds is 2. The summed E-state index contributed by atoms with van der Waals surface area (Å²) >= 11 is 1.05. The third kappa shape index (κ3) is 1.94. The molecular weight excluding hydrogens is 260 g/mol. The number of carbonyl (C=O) groups excluding carboxylic acids is 1. The van der Waals surface area contributed by atoms with Gasteiger partial charge in [0.05, 0.1) is 17.4 Å². The van der Waals surface area contributed by atoms with Gasteiger partial charge in [-0.3, -0.25) is 4.79 Å². The summed E-state index contributed by atoms with van der Waals surface area (Å²) in [6.45, 7) is 0. The predicted molar refractivity (Wildman–Crippen MR) is 63.7 cm³/mol. The summed E-state index contributed by atoms with van der Waals surface area (Å²) in [6.07, 6.45) is -0.742. The molecule has 4 nitrogen and oxygen atoms in total. The Bertz CT molecular complexity index is 605. The number of aromatic nitrogens is 2. The number of fused-ring (bicyclic) bond motifs is 1. The second kappa shape index (κ2) is 3.94. The summed E-state index contributed by atoms with van der Waals surface area (Å²) in [5, 5.41) is 2.64. The van der Waals surface area contributed by atoms with E-state index in [2.05, 4.69) is 14.1 Å². The average molecular weight is 269 g/mol. The fourth-order valence-electron chi connectivity index (χ4n) is 1.99. The third-order valence-corrected chi connectivity index (χ3v) is 3.55. The van der Waals surface area contributed by atoms with Gasteiger partial charge in [0.1, 0.15) is 11.0 Å². The minimum absolute atomic E-state index is 0.371. The number of amides is 1. The van der Waals surface area contributed by atoms with E-state index in [4.69, 9.17) is 0 Å². The number of alkyl halides is 2. The van der Waals surface area contributed by atoms with Gasteiger partial charge in [-0.05, 0) is 12.1 Å². The zero-order valence-electron chi connectivity index (χ0n) is 9.19. The van der Waals surface area contributed by atoms with Crippen LogP contribution in [-0.4, -0.2) is 20.6 Å². The Labute approximate surface area is 105 Å². The van der Waals surface area contributed by atoms with Crippen molar-refractivity contribution in [1.29, 1.82) is 0 Å². The smallest absolute Gasteiger partial charge is 0.249 e. The Morgan fingerprint density at radius 3 is 2.89 bits per heavy atom. The molecule has 1 aliphatic carbocycles. The molecule has 1 aliphatic rings. The van der Waals surface area contributed by atoms with E-state index in [1.807, 2.05) is 0 Å². The van der Waals surface area contributed by atoms with Gasteiger partial charge in [0, 0.05) is 18.8 Å². The first-order valence-electron chi connectivity index (χ1n) is 5.45. The summed E-state index contributed by atoms with van der Waals surface area (Å²) < 4.78 is 33.5. The van der Waals surface area contributed by atoms with Crippen LogP contribution in [0.25, 0.3) is 11.0 Å². The number of halogens is 2. The Kier molecular flexibility index (Phi) is 2.51. The van der Waals surface area contributed by atoms with Crippen LogP contribution in [0.4, 0.5) is 14.5 Å². The van der Waals surface area contributed by atoms with Crippen LogP contribution in [0.1, 0.15) is 12.8 Å². The Morgan fingerprint density at radius 2 is 2.17 bits per heavy atom. The van der Waals surface area contributed by atoms with Crippen LogP contribution in [0.15, 0.2) is 18.2 Å². The van der Waals surface area contributed by atoms with E-state index in [9.17, 15) is 13.6 Å². The van der Waals surface area contributed by atoms with Crippen LogP contribution in [0, 0.1) is 5.92 Å². The summed E-state index contributed by atoms with van der Waals surface area (Å²) in [4.78, 5) is 11.8. The molecule has 3 rings (SSSR count). The monoisotopic (exact) mass is 269 g/mol. The quantitative estimate of drug-likeness (QED) is 0.912. The zero-order valence-corrected chi connectivity index (χ0v) is 10.0. The molecule has 0 aliphatic heterocycles. The lowest BCUT2D eigenvalue weighted by Crippen LogP contribution is -2.42. The van der Waals surface area contributed by atoms with E-state index in [-0.39, 0.29) is 18.7 Å². The predicted octanol–water partition coefficient (Wildman–Crippen LogP) is 2.68. The van der Waals surface area contributed by atoms with Gasteiger partial charge in [-0.2, -0.15) is 8.75 Å². The van der Waals surface area contributed by atoms with Gasteiger partial charge in [-0.1, -0.05) is 6.07 Å². The van der Waals surface area contributed by atoms with E-state index in [0.717, 1.165) is 11.7 Å². The molecule has 2 aromatic rings. The largest absolute Gasteiger partial charge is 0.324 e. The Hall–Kier alpha value is -1.63. The standard InChI is InChI=1S/C11H9F2N3OS/c12-11(13)4-6(5-11)10(17)14-7-2-1-3-8-9(7)16-18-15-8/h1-3,6H,4-5H2,(H,14,17). The van der Waals surface area contributed by atoms with Gasteiger partial charge in [0.25, 0.3) is 0 Å². The summed E-state index contributed by atoms with van der Waals surface area (Å²) in [5.41, 5.74) is 1.82.